The highest BCUT2D eigenvalue weighted by Crippen LogP contribution is 2.34. The first-order valence-electron chi connectivity index (χ1n) is 3.69. The molecule has 0 aromatic heterocycles. The summed E-state index contributed by atoms with van der Waals surface area (Å²) in [5, 5.41) is 19.3. The lowest BCUT2D eigenvalue weighted by molar-refractivity contribution is -0.386. The third kappa shape index (κ3) is 2.55. The van der Waals surface area contributed by atoms with Gasteiger partial charge in [0.05, 0.1) is 22.2 Å². The van der Waals surface area contributed by atoms with Crippen molar-refractivity contribution in [3.63, 3.8) is 0 Å². The maximum atomic E-state index is 12.0. The number of nitrogens with zero attached hydrogens (tertiary/aromatic N) is 1. The Morgan fingerprint density at radius 1 is 1.38 bits per heavy atom. The second kappa shape index (κ2) is 4.18. The van der Waals surface area contributed by atoms with E-state index < -0.39 is 37.9 Å². The van der Waals surface area contributed by atoms with E-state index in [1.807, 2.05) is 0 Å². The molecule has 1 aromatic carbocycles. The first-order valence-corrected chi connectivity index (χ1v) is 4.84. The number of alkyl halides is 3. The topological polar surface area (TPSA) is 86.4 Å². The summed E-state index contributed by atoms with van der Waals surface area (Å²) in [6.07, 6.45) is 0. The highest BCUT2D eigenvalue weighted by atomic mass is 32.2. The number of halogens is 3. The zero-order valence-corrected chi connectivity index (χ0v) is 8.21. The van der Waals surface area contributed by atoms with Crippen LogP contribution in [0.3, 0.4) is 0 Å². The van der Waals surface area contributed by atoms with E-state index in [9.17, 15) is 27.8 Å². The number of nitro groups is 1. The van der Waals surface area contributed by atoms with Gasteiger partial charge in [-0.1, -0.05) is 0 Å². The first kappa shape index (κ1) is 12.6. The number of phenolic OH excluding ortho intramolecular Hbond substituents is 1. The second-order valence-corrected chi connectivity index (χ2v) is 4.09. The molecule has 0 radical (unpaired) electrons. The largest absolute Gasteiger partial charge is 0.604 e. The first-order chi connectivity index (χ1) is 7.23. The summed E-state index contributed by atoms with van der Waals surface area (Å²) in [5.41, 5.74) is -5.92. The van der Waals surface area contributed by atoms with Crippen molar-refractivity contribution in [3.8, 4) is 5.75 Å². The summed E-state index contributed by atoms with van der Waals surface area (Å²) in [7, 11) is 0. The highest BCUT2D eigenvalue weighted by Gasteiger charge is 2.46. The van der Waals surface area contributed by atoms with Gasteiger partial charge in [0.1, 0.15) is 0 Å². The lowest BCUT2D eigenvalue weighted by Gasteiger charge is -2.11. The van der Waals surface area contributed by atoms with Crippen LogP contribution in [-0.4, -0.2) is 20.1 Å². The Kier molecular flexibility index (Phi) is 3.29. The van der Waals surface area contributed by atoms with E-state index in [4.69, 9.17) is 5.11 Å². The number of benzene rings is 1. The molecule has 0 fully saturated rings. The van der Waals surface area contributed by atoms with E-state index in [0.29, 0.717) is 18.2 Å². The molecule has 1 N–H and O–H groups in total. The lowest BCUT2D eigenvalue weighted by Crippen LogP contribution is -2.23. The molecular formula is C7H4F3NO4S. The van der Waals surface area contributed by atoms with Crippen molar-refractivity contribution < 1.29 is 27.8 Å². The Balaban J connectivity index is 3.18. The van der Waals surface area contributed by atoms with Crippen LogP contribution in [0.15, 0.2) is 23.1 Å². The molecule has 0 saturated heterocycles. The van der Waals surface area contributed by atoms with Gasteiger partial charge in [0.2, 0.25) is 0 Å². The maximum Gasteiger partial charge on any atom is 0.578 e. The Morgan fingerprint density at radius 2 is 1.94 bits per heavy atom. The summed E-state index contributed by atoms with van der Waals surface area (Å²) in [4.78, 5) is 8.47. The van der Waals surface area contributed by atoms with Crippen molar-refractivity contribution in [3.05, 3.63) is 28.3 Å². The minimum absolute atomic E-state index is 0.429. The molecule has 0 aliphatic rings. The molecule has 88 valence electrons. The zero-order valence-electron chi connectivity index (χ0n) is 7.39. The predicted octanol–water partition coefficient (Wildman–Crippen LogP) is 1.93. The Morgan fingerprint density at radius 3 is 2.38 bits per heavy atom. The van der Waals surface area contributed by atoms with Crippen LogP contribution in [-0.2, 0) is 11.2 Å². The van der Waals surface area contributed by atoms with Crippen molar-refractivity contribution in [1.29, 1.82) is 0 Å². The van der Waals surface area contributed by atoms with Crippen LogP contribution in [0.1, 0.15) is 0 Å². The summed E-state index contributed by atoms with van der Waals surface area (Å²) in [5.74, 6) is -0.784. The molecule has 1 rings (SSSR count). The van der Waals surface area contributed by atoms with E-state index in [1.54, 1.807) is 0 Å². The fourth-order valence-corrected chi connectivity index (χ4v) is 1.58. The van der Waals surface area contributed by atoms with E-state index in [1.165, 1.54) is 0 Å². The minimum atomic E-state index is -5.00. The smallest absolute Gasteiger partial charge is 0.578 e. The SMILES string of the molecule is O=[N+]([O-])c1cc([S+]([O-])C(F)(F)F)ccc1O. The molecule has 0 amide bonds. The van der Waals surface area contributed by atoms with Crippen LogP contribution in [0.5, 0.6) is 5.75 Å². The van der Waals surface area contributed by atoms with E-state index >= 15 is 0 Å². The van der Waals surface area contributed by atoms with Gasteiger partial charge < -0.3 is 9.66 Å². The molecule has 0 aliphatic heterocycles. The van der Waals surface area contributed by atoms with Gasteiger partial charge in [0.15, 0.2) is 10.6 Å². The normalized spacial score (nSPS) is 13.5. The molecule has 0 bridgehead atoms. The number of rotatable bonds is 2. The molecule has 0 aliphatic carbocycles. The molecule has 5 nitrogen and oxygen atoms in total. The van der Waals surface area contributed by atoms with Crippen LogP contribution in [0.4, 0.5) is 18.9 Å². The molecule has 16 heavy (non-hydrogen) atoms. The van der Waals surface area contributed by atoms with Crippen molar-refractivity contribution in [2.45, 2.75) is 10.4 Å². The van der Waals surface area contributed by atoms with Crippen LogP contribution in [0, 0.1) is 10.1 Å². The van der Waals surface area contributed by atoms with Gasteiger partial charge in [0.25, 0.3) is 0 Å². The molecule has 9 heteroatoms. The van der Waals surface area contributed by atoms with Crippen LogP contribution >= 0.6 is 0 Å². The Labute approximate surface area is 89.8 Å². The van der Waals surface area contributed by atoms with Gasteiger partial charge in [-0.25, -0.2) is 0 Å². The third-order valence-corrected chi connectivity index (χ3v) is 2.67. The highest BCUT2D eigenvalue weighted by molar-refractivity contribution is 7.92. The standard InChI is InChI=1S/C7H4F3NO4S/c8-7(9,10)16(15)4-1-2-6(12)5(3-4)11(13)14/h1-3,12H. The Hall–Kier alpha value is -1.48. The molecule has 0 heterocycles. The average Bonchev–Trinajstić information content (AvgIpc) is 2.15. The summed E-state index contributed by atoms with van der Waals surface area (Å²) >= 11 is -3.35. The fraction of sp³-hybridized carbons (Fsp3) is 0.143. The van der Waals surface area contributed by atoms with Gasteiger partial charge in [0, 0.05) is 0 Å². The number of aromatic hydroxyl groups is 1. The monoisotopic (exact) mass is 255 g/mol. The van der Waals surface area contributed by atoms with Crippen LogP contribution < -0.4 is 0 Å². The fourth-order valence-electron chi connectivity index (χ4n) is 0.898. The molecule has 1 atom stereocenters. The number of nitro benzene ring substituents is 1. The summed E-state index contributed by atoms with van der Waals surface area (Å²) in [6.45, 7) is 0. The second-order valence-electron chi connectivity index (χ2n) is 2.62. The zero-order chi connectivity index (χ0) is 12.5. The predicted molar refractivity (Wildman–Crippen MR) is 47.2 cm³/mol. The summed E-state index contributed by atoms with van der Waals surface area (Å²) < 4.78 is 46.9. The number of phenols is 1. The molecular weight excluding hydrogens is 251 g/mol. The lowest BCUT2D eigenvalue weighted by atomic mass is 10.3. The molecule has 0 spiro atoms. The van der Waals surface area contributed by atoms with Gasteiger partial charge in [-0.05, 0) is 12.1 Å². The van der Waals surface area contributed by atoms with Crippen molar-refractivity contribution >= 4 is 16.9 Å². The van der Waals surface area contributed by atoms with Gasteiger partial charge in [-0.15, -0.1) is 13.2 Å². The minimum Gasteiger partial charge on any atom is -0.604 e. The number of hydrogen-bond donors (Lipinski definition) is 1. The molecule has 1 unspecified atom stereocenters. The van der Waals surface area contributed by atoms with Gasteiger partial charge in [-0.3, -0.25) is 10.1 Å². The van der Waals surface area contributed by atoms with Crippen LogP contribution in [0.2, 0.25) is 0 Å². The van der Waals surface area contributed by atoms with E-state index in [2.05, 4.69) is 0 Å². The van der Waals surface area contributed by atoms with Crippen molar-refractivity contribution in [2.24, 2.45) is 0 Å². The van der Waals surface area contributed by atoms with Gasteiger partial charge in [-0.2, -0.15) is 0 Å². The summed E-state index contributed by atoms with van der Waals surface area (Å²) in [6, 6.07) is 1.84. The maximum absolute atomic E-state index is 12.0. The van der Waals surface area contributed by atoms with Crippen LogP contribution in [0.25, 0.3) is 0 Å². The molecule has 0 saturated carbocycles. The number of hydrogen-bond acceptors (Lipinski definition) is 4. The Bertz CT molecular complexity index is 423. The van der Waals surface area contributed by atoms with Gasteiger partial charge >= 0.3 is 11.2 Å². The van der Waals surface area contributed by atoms with Crippen molar-refractivity contribution in [1.82, 2.24) is 0 Å². The quantitative estimate of drug-likeness (QED) is 0.497. The molecule has 1 aromatic rings. The third-order valence-electron chi connectivity index (χ3n) is 1.57. The van der Waals surface area contributed by atoms with E-state index in [0.717, 1.165) is 0 Å². The van der Waals surface area contributed by atoms with E-state index in [-0.39, 0.29) is 0 Å². The average molecular weight is 255 g/mol. The van der Waals surface area contributed by atoms with Crippen molar-refractivity contribution in [2.75, 3.05) is 0 Å².